The Balaban J connectivity index is 0.000000963. The van der Waals surface area contributed by atoms with Crippen LogP contribution in [0.25, 0.3) is 0 Å². The second-order valence-corrected chi connectivity index (χ2v) is 21.2. The topological polar surface area (TPSA) is 0 Å². The first-order valence-electron chi connectivity index (χ1n) is 5.96. The van der Waals surface area contributed by atoms with Gasteiger partial charge in [-0.05, 0) is 0 Å². The van der Waals surface area contributed by atoms with Crippen molar-refractivity contribution in [1.29, 1.82) is 0 Å². The van der Waals surface area contributed by atoms with Crippen LogP contribution in [0.2, 0.25) is 8.35 Å². The van der Waals surface area contributed by atoms with Gasteiger partial charge in [0.1, 0.15) is 0 Å². The van der Waals surface area contributed by atoms with Crippen LogP contribution in [-0.4, -0.2) is 0 Å². The summed E-state index contributed by atoms with van der Waals surface area (Å²) in [5, 5.41) is 0. The Bertz CT molecular complexity index is 396. The molecule has 1 heterocycles. The van der Waals surface area contributed by atoms with E-state index in [-0.39, 0.29) is 12.4 Å². The summed E-state index contributed by atoms with van der Waals surface area (Å²) >= 11 is -1.98. The molecular formula is C14H19ClHf. The molecule has 1 fully saturated rings. The third-order valence-corrected chi connectivity index (χ3v) is 20.8. The molecule has 0 unspecified atom stereocenters. The third-order valence-electron chi connectivity index (χ3n) is 4.07. The molecule has 2 heteroatoms. The van der Waals surface area contributed by atoms with Crippen LogP contribution < -0.4 is 0 Å². The number of hydrogen-bond donors (Lipinski definition) is 0. The van der Waals surface area contributed by atoms with Gasteiger partial charge in [-0.15, -0.1) is 12.4 Å². The molecule has 0 nitrogen and oxygen atoms in total. The molecule has 1 saturated heterocycles. The van der Waals surface area contributed by atoms with Crippen LogP contribution >= 0.6 is 12.4 Å². The quantitative estimate of drug-likeness (QED) is 0.579. The maximum absolute atomic E-state index is 2.52. The maximum atomic E-state index is 2.52. The van der Waals surface area contributed by atoms with Crippen LogP contribution in [0.3, 0.4) is 0 Å². The summed E-state index contributed by atoms with van der Waals surface area (Å²) in [5.74, 6) is 0. The molecule has 0 saturated carbocycles. The number of rotatable bonds is 2. The largest absolute Gasteiger partial charge is 0.147 e. The fourth-order valence-corrected chi connectivity index (χ4v) is 24.5. The van der Waals surface area contributed by atoms with Crippen molar-refractivity contribution in [1.82, 2.24) is 0 Å². The minimum absolute atomic E-state index is 0. The molecule has 0 atom stereocenters. The molecule has 16 heavy (non-hydrogen) atoms. The first-order valence-corrected chi connectivity index (χ1v) is 14.6. The molecule has 3 rings (SSSR count). The van der Waals surface area contributed by atoms with Gasteiger partial charge in [0.15, 0.2) is 0 Å². The monoisotopic (exact) mass is 402 g/mol. The van der Waals surface area contributed by atoms with Crippen LogP contribution in [-0.2, 0) is 20.0 Å². The molecule has 3 aliphatic rings. The molecule has 0 aromatic rings. The van der Waals surface area contributed by atoms with Gasteiger partial charge >= 0.3 is 97.1 Å². The number of allylic oxidation sites excluding steroid dienone is 8. The van der Waals surface area contributed by atoms with E-state index in [1.165, 1.54) is 24.0 Å². The Morgan fingerprint density at radius 2 is 1.31 bits per heavy atom. The summed E-state index contributed by atoms with van der Waals surface area (Å²) in [6.45, 7) is 4.51. The molecule has 0 radical (unpaired) electrons. The van der Waals surface area contributed by atoms with Crippen molar-refractivity contribution in [3.8, 4) is 0 Å². The van der Waals surface area contributed by atoms with Gasteiger partial charge in [0, 0.05) is 0 Å². The second kappa shape index (κ2) is 4.42. The minimum Gasteiger partial charge on any atom is -0.147 e. The summed E-state index contributed by atoms with van der Waals surface area (Å²) in [6.07, 6.45) is 12.5. The van der Waals surface area contributed by atoms with E-state index in [2.05, 4.69) is 38.2 Å². The molecule has 86 valence electrons. The van der Waals surface area contributed by atoms with Gasteiger partial charge in [0.25, 0.3) is 0 Å². The van der Waals surface area contributed by atoms with Gasteiger partial charge in [-0.1, -0.05) is 0 Å². The zero-order chi connectivity index (χ0) is 10.5. The van der Waals surface area contributed by atoms with E-state index in [0.29, 0.717) is 0 Å². The van der Waals surface area contributed by atoms with Crippen molar-refractivity contribution >= 4 is 12.4 Å². The number of hydrogen-bond acceptors (Lipinski definition) is 0. The molecule has 1 aliphatic heterocycles. The standard InChI is InChI=1S/2C6H7.C2H4.ClH.Hf/c2*1-6-4-2-3-5-6;1-2;;/h2*4-5H,2H2,1H3;1-2H2;1H;. The van der Waals surface area contributed by atoms with Crippen LogP contribution in [0, 0.1) is 0 Å². The molecule has 0 spiro atoms. The third kappa shape index (κ3) is 1.97. The zero-order valence-electron chi connectivity index (χ0n) is 10.0. The first kappa shape index (κ1) is 12.6. The van der Waals surface area contributed by atoms with Crippen LogP contribution in [0.5, 0.6) is 0 Å². The second-order valence-electron chi connectivity index (χ2n) is 5.23. The molecular weight excluding hydrogens is 382 g/mol. The molecule has 0 aromatic heterocycles. The van der Waals surface area contributed by atoms with E-state index >= 15 is 0 Å². The average molecular weight is 401 g/mol. The zero-order valence-corrected chi connectivity index (χ0v) is 14.5. The fourth-order valence-electron chi connectivity index (χ4n) is 2.97. The van der Waals surface area contributed by atoms with Gasteiger partial charge in [0.05, 0.1) is 0 Å². The predicted octanol–water partition coefficient (Wildman–Crippen LogP) is 4.88. The van der Waals surface area contributed by atoms with E-state index in [4.69, 9.17) is 0 Å². The van der Waals surface area contributed by atoms with Gasteiger partial charge in [-0.25, -0.2) is 0 Å². The van der Waals surface area contributed by atoms with Crippen molar-refractivity contribution in [2.75, 3.05) is 0 Å². The SMILES string of the molecule is CC1=CC[C]([Hf]2([C]3=CC(C)=CC3)[CH2][CH2]2)=C1.Cl. The summed E-state index contributed by atoms with van der Waals surface area (Å²) < 4.78 is 7.00. The Labute approximate surface area is 109 Å². The van der Waals surface area contributed by atoms with E-state index in [1.54, 1.807) is 8.35 Å². The van der Waals surface area contributed by atoms with E-state index in [1.807, 2.05) is 6.66 Å². The summed E-state index contributed by atoms with van der Waals surface area (Å²) in [6, 6.07) is 0. The summed E-state index contributed by atoms with van der Waals surface area (Å²) in [7, 11) is 0. The van der Waals surface area contributed by atoms with E-state index in [0.717, 1.165) is 0 Å². The Hall–Kier alpha value is 0.120. The van der Waals surface area contributed by atoms with Crippen LogP contribution in [0.4, 0.5) is 0 Å². The smallest absolute Gasteiger partial charge is 0.147 e. The van der Waals surface area contributed by atoms with Crippen molar-refractivity contribution in [2.45, 2.75) is 35.0 Å². The normalized spacial score (nSPS) is 25.4. The summed E-state index contributed by atoms with van der Waals surface area (Å²) in [4.78, 5) is 0. The Kier molecular flexibility index (Phi) is 3.47. The van der Waals surface area contributed by atoms with Gasteiger partial charge < -0.3 is 0 Å². The van der Waals surface area contributed by atoms with Crippen LogP contribution in [0.1, 0.15) is 26.7 Å². The average Bonchev–Trinajstić information content (AvgIpc) is 2.71. The maximum Gasteiger partial charge on any atom is -0.147 e. The van der Waals surface area contributed by atoms with Crippen LogP contribution in [0.15, 0.2) is 42.1 Å². The van der Waals surface area contributed by atoms with Crippen molar-refractivity contribution in [2.24, 2.45) is 0 Å². The van der Waals surface area contributed by atoms with Gasteiger partial charge in [-0.3, -0.25) is 0 Å². The number of halogens is 1. The van der Waals surface area contributed by atoms with Crippen molar-refractivity contribution < 1.29 is 20.0 Å². The van der Waals surface area contributed by atoms with Crippen molar-refractivity contribution in [3.63, 3.8) is 0 Å². The fraction of sp³-hybridized carbons (Fsp3) is 0.429. The molecule has 0 amide bonds. The van der Waals surface area contributed by atoms with Gasteiger partial charge in [-0.2, -0.15) is 0 Å². The Morgan fingerprint density at radius 3 is 1.56 bits per heavy atom. The minimum atomic E-state index is -1.98. The molecule has 0 bridgehead atoms. The van der Waals surface area contributed by atoms with Gasteiger partial charge in [0.2, 0.25) is 0 Å². The summed E-state index contributed by atoms with van der Waals surface area (Å²) in [5.41, 5.74) is 3.03. The molecule has 2 aliphatic carbocycles. The first-order chi connectivity index (χ1) is 7.21. The van der Waals surface area contributed by atoms with Crippen molar-refractivity contribution in [3.05, 3.63) is 42.1 Å². The van der Waals surface area contributed by atoms with E-state index in [9.17, 15) is 0 Å². The molecule has 0 N–H and O–H groups in total. The molecule has 0 aromatic carbocycles. The Morgan fingerprint density at radius 1 is 0.875 bits per heavy atom. The van der Waals surface area contributed by atoms with E-state index < -0.39 is 20.0 Å². The predicted molar refractivity (Wildman–Crippen MR) is 69.8 cm³/mol.